The second-order valence-electron chi connectivity index (χ2n) is 14.8. The van der Waals surface area contributed by atoms with Crippen molar-refractivity contribution in [2.75, 3.05) is 0 Å². The predicted molar refractivity (Wildman–Crippen MR) is 228 cm³/mol. The molecule has 272 valence electrons. The summed E-state index contributed by atoms with van der Waals surface area (Å²) in [5.74, 6) is 4.30. The first-order valence-corrected chi connectivity index (χ1v) is 21.9. The van der Waals surface area contributed by atoms with Crippen molar-refractivity contribution >= 4 is 47.7 Å². The monoisotopic (exact) mass is 756 g/mol. The molecule has 0 aromatic heterocycles. The van der Waals surface area contributed by atoms with Crippen molar-refractivity contribution in [3.63, 3.8) is 0 Å². The number of rotatable bonds is 8. The Kier molecular flexibility index (Phi) is 9.06. The largest absolute Gasteiger partial charge is 0.451 e. The van der Waals surface area contributed by atoms with Gasteiger partial charge in [0.1, 0.15) is 0 Å². The molecule has 0 amide bonds. The van der Waals surface area contributed by atoms with Crippen molar-refractivity contribution in [3.05, 3.63) is 171 Å². The first-order chi connectivity index (χ1) is 27.2. The van der Waals surface area contributed by atoms with Crippen molar-refractivity contribution in [2.24, 2.45) is 23.7 Å². The molecule has 4 nitrogen and oxygen atoms in total. The van der Waals surface area contributed by atoms with E-state index in [4.69, 9.17) is 18.9 Å². The Morgan fingerprint density at radius 1 is 0.418 bits per heavy atom. The number of ether oxygens (including phenoxy) is 4. The maximum atomic E-state index is 7.19. The number of fused-ring (bicyclic) bond motifs is 4. The molecule has 3 heterocycles. The molecule has 0 saturated heterocycles. The van der Waals surface area contributed by atoms with Crippen LogP contribution in [0.5, 0.6) is 23.0 Å². The molecular weight excluding hydrogens is 714 g/mol. The smallest absolute Gasteiger partial charge is 0.241 e. The number of allylic oxidation sites excluding steroid dienone is 2. The standard InChI is InChI=1S/C49H42O4P2/c1-3-32-29-33(4-2)39-31-45-51-41-26-28-43(55(36-21-13-7-14-22-36)37-23-15-8-16-24-37)47(49(41)53-45)46-42(27-25-40-48(46)52-44(50-40)30-38(32)39)54(34-17-9-5-10-18-34)35-19-11-6-12-20-35/h3-28,32-33,38-39,44-45H,1-2,29-31H2/t32-,33?,38?,39?,44?,45?/m1/s1. The maximum absolute atomic E-state index is 7.19. The van der Waals surface area contributed by atoms with Crippen LogP contribution in [0.2, 0.25) is 0 Å². The van der Waals surface area contributed by atoms with E-state index in [2.05, 4.69) is 171 Å². The minimum atomic E-state index is -1.04. The van der Waals surface area contributed by atoms with E-state index in [1.54, 1.807) is 0 Å². The van der Waals surface area contributed by atoms with E-state index < -0.39 is 28.4 Å². The number of hydrogen-bond acceptors (Lipinski definition) is 4. The Hall–Kier alpha value is -5.14. The molecule has 0 spiro atoms. The molecular formula is C49H42O4P2. The van der Waals surface area contributed by atoms with Crippen LogP contribution in [-0.2, 0) is 0 Å². The summed E-state index contributed by atoms with van der Waals surface area (Å²) < 4.78 is 28.1. The van der Waals surface area contributed by atoms with Crippen LogP contribution in [0.3, 0.4) is 0 Å². The van der Waals surface area contributed by atoms with E-state index in [1.807, 2.05) is 0 Å². The minimum Gasteiger partial charge on any atom is -0.451 e. The second kappa shape index (κ2) is 14.5. The van der Waals surface area contributed by atoms with Gasteiger partial charge in [-0.05, 0) is 102 Å². The summed E-state index contributed by atoms with van der Waals surface area (Å²) in [7, 11) is -2.08. The first kappa shape index (κ1) is 34.4. The van der Waals surface area contributed by atoms with Gasteiger partial charge in [-0.25, -0.2) is 0 Å². The topological polar surface area (TPSA) is 36.9 Å². The van der Waals surface area contributed by atoms with E-state index in [0.29, 0.717) is 11.8 Å². The molecule has 1 fully saturated rings. The zero-order valence-electron chi connectivity index (χ0n) is 30.5. The van der Waals surface area contributed by atoms with Crippen LogP contribution in [-0.4, -0.2) is 12.6 Å². The van der Waals surface area contributed by atoms with Gasteiger partial charge in [-0.3, -0.25) is 0 Å². The lowest BCUT2D eigenvalue weighted by atomic mass is 9.82. The summed E-state index contributed by atoms with van der Waals surface area (Å²) in [6.07, 6.45) is 5.87. The highest BCUT2D eigenvalue weighted by molar-refractivity contribution is 7.80. The van der Waals surface area contributed by atoms with Crippen LogP contribution in [0.1, 0.15) is 19.3 Å². The zero-order valence-corrected chi connectivity index (χ0v) is 32.3. The lowest BCUT2D eigenvalue weighted by molar-refractivity contribution is -0.00845. The van der Waals surface area contributed by atoms with Crippen molar-refractivity contribution in [1.29, 1.82) is 0 Å². The predicted octanol–water partition coefficient (Wildman–Crippen LogP) is 9.10. The summed E-state index contributed by atoms with van der Waals surface area (Å²) in [5.41, 5.74) is 2.06. The Bertz CT molecular complexity index is 2100. The Morgan fingerprint density at radius 2 is 0.764 bits per heavy atom. The summed E-state index contributed by atoms with van der Waals surface area (Å²) in [6.45, 7) is 8.54. The van der Waals surface area contributed by atoms with Crippen molar-refractivity contribution < 1.29 is 18.9 Å². The van der Waals surface area contributed by atoms with Crippen molar-refractivity contribution in [1.82, 2.24) is 0 Å². The molecule has 0 N–H and O–H groups in total. The summed E-state index contributed by atoms with van der Waals surface area (Å²) in [4.78, 5) is 0. The molecule has 4 bridgehead atoms. The quantitative estimate of drug-likeness (QED) is 0.115. The highest BCUT2D eigenvalue weighted by Gasteiger charge is 2.47. The first-order valence-electron chi connectivity index (χ1n) is 19.2. The molecule has 0 radical (unpaired) electrons. The van der Waals surface area contributed by atoms with E-state index in [0.717, 1.165) is 53.4 Å². The molecule has 10 rings (SSSR count). The summed E-state index contributed by atoms with van der Waals surface area (Å²) in [5, 5.41) is 7.43. The normalized spacial score (nSPS) is 23.0. The zero-order chi connectivity index (χ0) is 36.9. The van der Waals surface area contributed by atoms with Gasteiger partial charge in [-0.2, -0.15) is 0 Å². The average Bonchev–Trinajstić information content (AvgIpc) is 3.94. The van der Waals surface area contributed by atoms with E-state index in [9.17, 15) is 0 Å². The highest BCUT2D eigenvalue weighted by Crippen LogP contribution is 2.57. The third-order valence-corrected chi connectivity index (χ3v) is 16.7. The van der Waals surface area contributed by atoms with Crippen LogP contribution in [0.25, 0.3) is 11.1 Å². The molecule has 1 saturated carbocycles. The average molecular weight is 757 g/mol. The summed E-state index contributed by atoms with van der Waals surface area (Å²) in [6, 6.07) is 52.4. The maximum Gasteiger partial charge on any atom is 0.241 e. The fraction of sp³-hybridized carbons (Fsp3) is 0.184. The Labute approximate surface area is 326 Å². The SMILES string of the molecule is C=CC1C[C@@H](C=C)C2CC3Oc4ccc(P(c5ccccc5)c5ccccc5)c(c4O3)-c3c(P(c4ccccc4)c4ccccc4)ccc4c3OC(CC12)O4. The molecule has 6 aromatic carbocycles. The van der Waals surface area contributed by atoms with Crippen LogP contribution in [0, 0.1) is 23.7 Å². The van der Waals surface area contributed by atoms with Gasteiger partial charge in [-0.1, -0.05) is 133 Å². The van der Waals surface area contributed by atoms with Gasteiger partial charge in [0.15, 0.2) is 23.0 Å². The molecule has 5 unspecified atom stereocenters. The van der Waals surface area contributed by atoms with Gasteiger partial charge in [0.05, 0.1) is 0 Å². The third kappa shape index (κ3) is 6.08. The number of benzene rings is 6. The van der Waals surface area contributed by atoms with E-state index >= 15 is 0 Å². The lowest BCUT2D eigenvalue weighted by Gasteiger charge is -2.29. The van der Waals surface area contributed by atoms with Gasteiger partial charge in [0.25, 0.3) is 0 Å². The lowest BCUT2D eigenvalue weighted by Crippen LogP contribution is -2.32. The third-order valence-electron chi connectivity index (χ3n) is 11.7. The van der Waals surface area contributed by atoms with E-state index in [1.165, 1.54) is 31.8 Å². The second-order valence-corrected chi connectivity index (χ2v) is 19.1. The van der Waals surface area contributed by atoms with Gasteiger partial charge in [0, 0.05) is 24.0 Å². The minimum absolute atomic E-state index is 0.280. The Balaban J connectivity index is 1.27. The fourth-order valence-electron chi connectivity index (χ4n) is 9.32. The highest BCUT2D eigenvalue weighted by atomic mass is 31.1. The van der Waals surface area contributed by atoms with Crippen LogP contribution < -0.4 is 50.8 Å². The molecule has 55 heavy (non-hydrogen) atoms. The van der Waals surface area contributed by atoms with Gasteiger partial charge >= 0.3 is 0 Å². The van der Waals surface area contributed by atoms with Crippen LogP contribution in [0.4, 0.5) is 0 Å². The molecule has 6 heteroatoms. The van der Waals surface area contributed by atoms with Crippen LogP contribution in [0.15, 0.2) is 171 Å². The Morgan fingerprint density at radius 3 is 1.09 bits per heavy atom. The van der Waals surface area contributed by atoms with Gasteiger partial charge < -0.3 is 18.9 Å². The van der Waals surface area contributed by atoms with Crippen LogP contribution >= 0.6 is 15.8 Å². The summed E-state index contributed by atoms with van der Waals surface area (Å²) >= 11 is 0. The van der Waals surface area contributed by atoms with Gasteiger partial charge in [0.2, 0.25) is 12.6 Å². The van der Waals surface area contributed by atoms with Crippen molar-refractivity contribution in [3.8, 4) is 34.1 Å². The molecule has 4 aliphatic rings. The van der Waals surface area contributed by atoms with Gasteiger partial charge in [-0.15, -0.1) is 13.2 Å². The fourth-order valence-corrected chi connectivity index (χ4v) is 14.2. The van der Waals surface area contributed by atoms with E-state index in [-0.39, 0.29) is 11.8 Å². The number of hydrogen-bond donors (Lipinski definition) is 0. The molecule has 1 aliphatic carbocycles. The molecule has 6 aromatic rings. The van der Waals surface area contributed by atoms with Crippen molar-refractivity contribution in [2.45, 2.75) is 31.8 Å². The molecule has 3 aliphatic heterocycles. The molecule has 6 atom stereocenters.